The van der Waals surface area contributed by atoms with Crippen LogP contribution in [-0.2, 0) is 14.3 Å². The largest absolute Gasteiger partial charge is 0.450 e. The first-order valence-corrected chi connectivity index (χ1v) is 11.8. The minimum atomic E-state index is -1.43. The molecule has 0 saturated carbocycles. The summed E-state index contributed by atoms with van der Waals surface area (Å²) in [5.41, 5.74) is 6.59. The summed E-state index contributed by atoms with van der Waals surface area (Å²) < 4.78 is 12.1. The van der Waals surface area contributed by atoms with Gasteiger partial charge in [0, 0.05) is 32.7 Å². The number of aromatic nitrogens is 4. The van der Waals surface area contributed by atoms with E-state index in [4.69, 9.17) is 15.2 Å². The maximum atomic E-state index is 12.2. The maximum absolute atomic E-state index is 12.2. The number of nitrogens with zero attached hydrogens (tertiary/aromatic N) is 6. The number of anilines is 1. The summed E-state index contributed by atoms with van der Waals surface area (Å²) in [7, 11) is 0. The van der Waals surface area contributed by atoms with Gasteiger partial charge in [0.2, 0.25) is 5.82 Å². The lowest BCUT2D eigenvalue weighted by molar-refractivity contribution is -0.137. The summed E-state index contributed by atoms with van der Waals surface area (Å²) in [4.78, 5) is 40.6. The summed E-state index contributed by atoms with van der Waals surface area (Å²) >= 11 is 0. The van der Waals surface area contributed by atoms with Gasteiger partial charge < -0.3 is 35.6 Å². The molecule has 2 aliphatic heterocycles. The van der Waals surface area contributed by atoms with Crippen molar-refractivity contribution in [3.05, 3.63) is 12.2 Å². The average Bonchev–Trinajstić information content (AvgIpc) is 3.41. The van der Waals surface area contributed by atoms with Crippen LogP contribution >= 0.6 is 0 Å². The van der Waals surface area contributed by atoms with Gasteiger partial charge in [0.05, 0.1) is 19.5 Å². The Kier molecular flexibility index (Phi) is 7.85. The summed E-state index contributed by atoms with van der Waals surface area (Å²) in [6, 6.07) is 0. The van der Waals surface area contributed by atoms with E-state index in [1.54, 1.807) is 18.7 Å². The number of nitrogen functional groups attached to an aromatic ring is 1. The van der Waals surface area contributed by atoms with E-state index >= 15 is 0 Å². The molecule has 14 nitrogen and oxygen atoms in total. The number of carbonyl (C=O) groups excluding carboxylic acids is 2. The van der Waals surface area contributed by atoms with Crippen molar-refractivity contribution in [2.45, 2.75) is 38.4 Å². The van der Waals surface area contributed by atoms with Crippen LogP contribution in [0.1, 0.15) is 25.9 Å². The monoisotopic (exact) mass is 502 g/mol. The van der Waals surface area contributed by atoms with E-state index in [9.17, 15) is 19.8 Å². The van der Waals surface area contributed by atoms with E-state index < -0.39 is 30.4 Å². The van der Waals surface area contributed by atoms with Crippen molar-refractivity contribution >= 4 is 29.0 Å². The van der Waals surface area contributed by atoms with Crippen LogP contribution in [0.15, 0.2) is 6.33 Å². The third kappa shape index (κ3) is 5.19. The number of carbonyl (C=O) groups is 2. The average molecular weight is 503 g/mol. The zero-order chi connectivity index (χ0) is 25.8. The Hall–Kier alpha value is -3.51. The van der Waals surface area contributed by atoms with Crippen LogP contribution in [0.2, 0.25) is 0 Å². The molecule has 0 aromatic carbocycles. The van der Waals surface area contributed by atoms with Crippen LogP contribution in [0.5, 0.6) is 0 Å². The van der Waals surface area contributed by atoms with Crippen LogP contribution in [0.4, 0.5) is 10.6 Å². The van der Waals surface area contributed by atoms with Gasteiger partial charge in [-0.25, -0.2) is 19.7 Å². The quantitative estimate of drug-likeness (QED) is 0.342. The van der Waals surface area contributed by atoms with Crippen molar-refractivity contribution in [3.8, 4) is 11.8 Å². The number of nitrogens with one attached hydrogen (secondary N) is 1. The number of rotatable bonds is 5. The highest BCUT2D eigenvalue weighted by molar-refractivity contribution is 5.83. The fourth-order valence-electron chi connectivity index (χ4n) is 4.10. The van der Waals surface area contributed by atoms with Crippen molar-refractivity contribution in [2.75, 3.05) is 51.6 Å². The van der Waals surface area contributed by atoms with E-state index in [-0.39, 0.29) is 28.9 Å². The van der Waals surface area contributed by atoms with Crippen molar-refractivity contribution in [3.63, 3.8) is 0 Å². The molecular formula is C22H30N8O6. The molecule has 1 unspecified atom stereocenters. The number of piperazine rings is 1. The second-order valence-electron chi connectivity index (χ2n) is 8.34. The van der Waals surface area contributed by atoms with E-state index in [2.05, 4.69) is 37.0 Å². The van der Waals surface area contributed by atoms with E-state index in [1.165, 1.54) is 10.9 Å². The van der Waals surface area contributed by atoms with Gasteiger partial charge >= 0.3 is 6.09 Å². The number of nitrogens with two attached hydrogens (primary N) is 1. The number of likely N-dealkylation sites (N-methyl/N-ethyl adjacent to an activating group) is 1. The summed E-state index contributed by atoms with van der Waals surface area (Å²) in [5, 5.41) is 23.4. The Bertz CT molecular complexity index is 1170. The van der Waals surface area contributed by atoms with Crippen molar-refractivity contribution in [2.24, 2.45) is 0 Å². The Labute approximate surface area is 207 Å². The first-order chi connectivity index (χ1) is 17.3. The molecule has 0 spiro atoms. The van der Waals surface area contributed by atoms with Crippen LogP contribution < -0.4 is 11.1 Å². The van der Waals surface area contributed by atoms with Gasteiger partial charge in [0.1, 0.15) is 17.7 Å². The lowest BCUT2D eigenvalue weighted by atomic mass is 10.1. The van der Waals surface area contributed by atoms with Crippen molar-refractivity contribution in [1.29, 1.82) is 0 Å². The van der Waals surface area contributed by atoms with Crippen LogP contribution in [0.25, 0.3) is 11.2 Å². The SMILES string of the molecule is CCNC(=O)[C@H]1O[C@@H](n2cnc3c(N)nc(C#CCN4CCN(C(=O)OCC)CC4)nc32)C(O)[C@H]1O. The van der Waals surface area contributed by atoms with Crippen LogP contribution in [-0.4, -0.2) is 116 Å². The molecule has 0 aliphatic carbocycles. The maximum Gasteiger partial charge on any atom is 0.409 e. The molecule has 4 atom stereocenters. The third-order valence-electron chi connectivity index (χ3n) is 5.97. The highest BCUT2D eigenvalue weighted by atomic mass is 16.6. The highest BCUT2D eigenvalue weighted by Gasteiger charge is 2.47. The molecule has 14 heteroatoms. The number of aliphatic hydroxyl groups is 2. The topological polar surface area (TPSA) is 181 Å². The van der Waals surface area contributed by atoms with Crippen LogP contribution in [0, 0.1) is 11.8 Å². The van der Waals surface area contributed by atoms with Gasteiger partial charge in [-0.2, -0.15) is 0 Å². The number of hydrogen-bond donors (Lipinski definition) is 4. The predicted molar refractivity (Wildman–Crippen MR) is 126 cm³/mol. The number of fused-ring (bicyclic) bond motifs is 1. The fourth-order valence-corrected chi connectivity index (χ4v) is 4.10. The van der Waals surface area contributed by atoms with Crippen LogP contribution in [0.3, 0.4) is 0 Å². The highest BCUT2D eigenvalue weighted by Crippen LogP contribution is 2.32. The predicted octanol–water partition coefficient (Wildman–Crippen LogP) is -1.71. The fraction of sp³-hybridized carbons (Fsp3) is 0.591. The number of hydrogen-bond acceptors (Lipinski definition) is 11. The van der Waals surface area contributed by atoms with E-state index in [0.717, 1.165) is 0 Å². The Balaban J connectivity index is 1.47. The molecule has 2 aromatic rings. The molecule has 5 N–H and O–H groups in total. The van der Waals surface area contributed by atoms with Crippen molar-refractivity contribution in [1.82, 2.24) is 34.6 Å². The number of ether oxygens (including phenoxy) is 2. The Morgan fingerprint density at radius 3 is 2.67 bits per heavy atom. The number of aliphatic hydroxyl groups excluding tert-OH is 2. The summed E-state index contributed by atoms with van der Waals surface area (Å²) in [5.74, 6) is 5.64. The van der Waals surface area contributed by atoms with Gasteiger partial charge in [0.15, 0.2) is 23.8 Å². The Morgan fingerprint density at radius 2 is 1.97 bits per heavy atom. The Morgan fingerprint density at radius 1 is 1.22 bits per heavy atom. The second-order valence-corrected chi connectivity index (χ2v) is 8.34. The molecule has 2 fully saturated rings. The number of amides is 2. The molecule has 2 amide bonds. The molecule has 36 heavy (non-hydrogen) atoms. The molecule has 4 heterocycles. The van der Waals surface area contributed by atoms with Crippen molar-refractivity contribution < 1.29 is 29.3 Å². The number of imidazole rings is 1. The molecule has 0 bridgehead atoms. The molecule has 0 radical (unpaired) electrons. The molecule has 4 rings (SSSR count). The summed E-state index contributed by atoms with van der Waals surface area (Å²) in [6.07, 6.45) is -4.13. The van der Waals surface area contributed by atoms with Gasteiger partial charge in [-0.15, -0.1) is 0 Å². The molecular weight excluding hydrogens is 472 g/mol. The van der Waals surface area contributed by atoms with Gasteiger partial charge in [-0.3, -0.25) is 14.3 Å². The van der Waals surface area contributed by atoms with Gasteiger partial charge in [0.25, 0.3) is 5.91 Å². The molecule has 2 saturated heterocycles. The first-order valence-electron chi connectivity index (χ1n) is 11.8. The molecule has 194 valence electrons. The minimum Gasteiger partial charge on any atom is -0.450 e. The minimum absolute atomic E-state index is 0.0967. The second kappa shape index (κ2) is 11.0. The standard InChI is InChI=1S/C22H30N8O6/c1-3-24-20(33)17-15(31)16(32)21(36-17)30-12-25-14-18(23)26-13(27-19(14)30)6-5-7-28-8-10-29(11-9-28)22(34)35-4-2/h12,15-17,21,31-32H,3-4,7-11H2,1-2H3,(H,24,33)(H2,23,26,27)/t15-,16?,17+,21-/m1/s1. The molecule has 2 aliphatic rings. The molecule has 2 aromatic heterocycles. The third-order valence-corrected chi connectivity index (χ3v) is 5.97. The normalized spacial score (nSPS) is 24.4. The van der Waals surface area contributed by atoms with E-state index in [1.807, 2.05) is 0 Å². The van der Waals surface area contributed by atoms with E-state index in [0.29, 0.717) is 45.9 Å². The lowest BCUT2D eigenvalue weighted by Gasteiger charge is -2.32. The zero-order valence-corrected chi connectivity index (χ0v) is 20.1. The van der Waals surface area contributed by atoms with Gasteiger partial charge in [-0.05, 0) is 19.8 Å². The lowest BCUT2D eigenvalue weighted by Crippen LogP contribution is -2.48. The van der Waals surface area contributed by atoms with Gasteiger partial charge in [-0.1, -0.05) is 5.92 Å². The summed E-state index contributed by atoms with van der Waals surface area (Å²) in [6.45, 7) is 7.10. The smallest absolute Gasteiger partial charge is 0.409 e. The first kappa shape index (κ1) is 25.6. The zero-order valence-electron chi connectivity index (χ0n) is 20.1.